The fraction of sp³-hybridized carbons (Fsp3) is 0.500. The van der Waals surface area contributed by atoms with Crippen LogP contribution in [0.25, 0.3) is 0 Å². The molecule has 2 heteroatoms. The minimum absolute atomic E-state index is 0.0812. The third kappa shape index (κ3) is 2.49. The van der Waals surface area contributed by atoms with Gasteiger partial charge in [0.15, 0.2) is 0 Å². The van der Waals surface area contributed by atoms with Crippen LogP contribution in [0.1, 0.15) is 25.0 Å². The van der Waals surface area contributed by atoms with Gasteiger partial charge in [0.25, 0.3) is 0 Å². The minimum atomic E-state index is 0.0812. The quantitative estimate of drug-likeness (QED) is 0.810. The van der Waals surface area contributed by atoms with Crippen LogP contribution in [-0.4, -0.2) is 13.6 Å². The lowest BCUT2D eigenvalue weighted by atomic mass is 9.84. The zero-order valence-corrected chi connectivity index (χ0v) is 10.1. The van der Waals surface area contributed by atoms with E-state index >= 15 is 0 Å². The third-order valence-corrected chi connectivity index (χ3v) is 2.80. The highest BCUT2D eigenvalue weighted by Crippen LogP contribution is 2.29. The molecule has 78 valence electrons. The van der Waals surface area contributed by atoms with Crippen LogP contribution in [0, 0.1) is 6.92 Å². The largest absolute Gasteiger partial charge is 0.319 e. The summed E-state index contributed by atoms with van der Waals surface area (Å²) in [5.41, 5.74) is 2.56. The first-order chi connectivity index (χ1) is 6.47. The van der Waals surface area contributed by atoms with Crippen molar-refractivity contribution in [3.63, 3.8) is 0 Å². The smallest absolute Gasteiger partial charge is 0.0444 e. The molecular weight excluding hydrogens is 194 g/mol. The van der Waals surface area contributed by atoms with E-state index < -0.39 is 0 Å². The van der Waals surface area contributed by atoms with Gasteiger partial charge in [0, 0.05) is 17.0 Å². The first-order valence-electron chi connectivity index (χ1n) is 4.88. The number of nitrogens with one attached hydrogen (secondary N) is 1. The Bertz CT molecular complexity index is 318. The van der Waals surface area contributed by atoms with Crippen LogP contribution in [-0.2, 0) is 5.41 Å². The van der Waals surface area contributed by atoms with E-state index in [0.29, 0.717) is 0 Å². The maximum atomic E-state index is 6.19. The monoisotopic (exact) mass is 211 g/mol. The molecule has 0 bridgehead atoms. The van der Waals surface area contributed by atoms with Gasteiger partial charge in [0.05, 0.1) is 0 Å². The molecule has 0 fully saturated rings. The van der Waals surface area contributed by atoms with Gasteiger partial charge >= 0.3 is 0 Å². The molecule has 0 saturated carbocycles. The molecule has 0 aliphatic carbocycles. The lowest BCUT2D eigenvalue weighted by molar-refractivity contribution is 0.494. The highest BCUT2D eigenvalue weighted by atomic mass is 35.5. The fourth-order valence-corrected chi connectivity index (χ4v) is 2.07. The lowest BCUT2D eigenvalue weighted by Gasteiger charge is -2.26. The summed E-state index contributed by atoms with van der Waals surface area (Å²) in [4.78, 5) is 0. The molecule has 1 aromatic carbocycles. The van der Waals surface area contributed by atoms with Crippen molar-refractivity contribution < 1.29 is 0 Å². The van der Waals surface area contributed by atoms with Gasteiger partial charge in [-0.2, -0.15) is 0 Å². The number of rotatable bonds is 3. The van der Waals surface area contributed by atoms with E-state index in [1.807, 2.05) is 19.2 Å². The maximum absolute atomic E-state index is 6.19. The van der Waals surface area contributed by atoms with E-state index in [9.17, 15) is 0 Å². The molecule has 0 radical (unpaired) electrons. The molecule has 1 N–H and O–H groups in total. The Hall–Kier alpha value is -0.530. The molecule has 1 aromatic rings. The van der Waals surface area contributed by atoms with E-state index in [0.717, 1.165) is 11.6 Å². The predicted octanol–water partition coefficient (Wildman–Crippen LogP) is 3.15. The van der Waals surface area contributed by atoms with E-state index in [1.54, 1.807) is 0 Å². The Balaban J connectivity index is 3.10. The van der Waals surface area contributed by atoms with Crippen LogP contribution in [0.15, 0.2) is 18.2 Å². The first-order valence-corrected chi connectivity index (χ1v) is 5.26. The summed E-state index contributed by atoms with van der Waals surface area (Å²) >= 11 is 6.19. The van der Waals surface area contributed by atoms with Gasteiger partial charge < -0.3 is 5.32 Å². The van der Waals surface area contributed by atoms with Gasteiger partial charge in [0.2, 0.25) is 0 Å². The molecule has 1 rings (SSSR count). The number of hydrogen-bond donors (Lipinski definition) is 1. The molecule has 0 unspecified atom stereocenters. The van der Waals surface area contributed by atoms with Crippen molar-refractivity contribution in [3.05, 3.63) is 34.3 Å². The summed E-state index contributed by atoms with van der Waals surface area (Å²) in [5, 5.41) is 4.05. The zero-order valence-electron chi connectivity index (χ0n) is 9.32. The molecule has 0 saturated heterocycles. The Morgan fingerprint density at radius 3 is 2.57 bits per heavy atom. The molecular formula is C12H18ClN. The zero-order chi connectivity index (χ0) is 10.8. The number of aryl methyl sites for hydroxylation is 1. The van der Waals surface area contributed by atoms with Crippen molar-refractivity contribution in [1.82, 2.24) is 5.32 Å². The average Bonchev–Trinajstić information content (AvgIpc) is 2.09. The van der Waals surface area contributed by atoms with Crippen LogP contribution in [0.3, 0.4) is 0 Å². The lowest BCUT2D eigenvalue weighted by Crippen LogP contribution is -2.31. The van der Waals surface area contributed by atoms with Crippen molar-refractivity contribution >= 4 is 11.6 Å². The predicted molar refractivity (Wildman–Crippen MR) is 63.1 cm³/mol. The summed E-state index contributed by atoms with van der Waals surface area (Å²) in [6.07, 6.45) is 0. The van der Waals surface area contributed by atoms with Crippen LogP contribution < -0.4 is 5.32 Å². The Morgan fingerprint density at radius 2 is 2.00 bits per heavy atom. The molecule has 14 heavy (non-hydrogen) atoms. The number of likely N-dealkylation sites (N-methyl/N-ethyl adjacent to an activating group) is 1. The number of hydrogen-bond acceptors (Lipinski definition) is 1. The SMILES string of the molecule is CNCC(C)(C)c1cc(C)ccc1Cl. The highest BCUT2D eigenvalue weighted by molar-refractivity contribution is 6.31. The normalized spacial score (nSPS) is 11.8. The maximum Gasteiger partial charge on any atom is 0.0444 e. The van der Waals surface area contributed by atoms with Crippen LogP contribution >= 0.6 is 11.6 Å². The van der Waals surface area contributed by atoms with Crippen molar-refractivity contribution in [2.45, 2.75) is 26.2 Å². The minimum Gasteiger partial charge on any atom is -0.319 e. The summed E-state index contributed by atoms with van der Waals surface area (Å²) in [6, 6.07) is 6.19. The summed E-state index contributed by atoms with van der Waals surface area (Å²) < 4.78 is 0. The summed E-state index contributed by atoms with van der Waals surface area (Å²) in [5.74, 6) is 0. The van der Waals surface area contributed by atoms with Gasteiger partial charge in [0.1, 0.15) is 0 Å². The number of halogens is 1. The van der Waals surface area contributed by atoms with Gasteiger partial charge in [-0.3, -0.25) is 0 Å². The van der Waals surface area contributed by atoms with Crippen molar-refractivity contribution in [1.29, 1.82) is 0 Å². The summed E-state index contributed by atoms with van der Waals surface area (Å²) in [7, 11) is 1.96. The van der Waals surface area contributed by atoms with E-state index in [-0.39, 0.29) is 5.41 Å². The second kappa shape index (κ2) is 4.33. The van der Waals surface area contributed by atoms with Crippen molar-refractivity contribution in [2.24, 2.45) is 0 Å². The molecule has 0 aliphatic heterocycles. The van der Waals surface area contributed by atoms with E-state index in [4.69, 9.17) is 11.6 Å². The highest BCUT2D eigenvalue weighted by Gasteiger charge is 2.22. The van der Waals surface area contributed by atoms with Crippen molar-refractivity contribution in [2.75, 3.05) is 13.6 Å². The summed E-state index contributed by atoms with van der Waals surface area (Å²) in [6.45, 7) is 7.42. The molecule has 0 aliphatic rings. The van der Waals surface area contributed by atoms with Crippen molar-refractivity contribution in [3.8, 4) is 0 Å². The van der Waals surface area contributed by atoms with Crippen LogP contribution in [0.5, 0.6) is 0 Å². The van der Waals surface area contributed by atoms with E-state index in [1.165, 1.54) is 11.1 Å². The second-order valence-corrected chi connectivity index (χ2v) is 4.80. The second-order valence-electron chi connectivity index (χ2n) is 4.40. The molecule has 1 nitrogen and oxygen atoms in total. The Labute approximate surface area is 91.5 Å². The molecule has 0 atom stereocenters. The van der Waals surface area contributed by atoms with Crippen LogP contribution in [0.4, 0.5) is 0 Å². The van der Waals surface area contributed by atoms with E-state index in [2.05, 4.69) is 32.2 Å². The molecule has 0 amide bonds. The molecule has 0 aromatic heterocycles. The van der Waals surface area contributed by atoms with Gasteiger partial charge in [-0.15, -0.1) is 0 Å². The average molecular weight is 212 g/mol. The van der Waals surface area contributed by atoms with Crippen LogP contribution in [0.2, 0.25) is 5.02 Å². The Kier molecular flexibility index (Phi) is 3.57. The van der Waals surface area contributed by atoms with Gasteiger partial charge in [-0.1, -0.05) is 43.1 Å². The van der Waals surface area contributed by atoms with Gasteiger partial charge in [-0.25, -0.2) is 0 Å². The fourth-order valence-electron chi connectivity index (χ4n) is 1.69. The molecule has 0 spiro atoms. The standard InChI is InChI=1S/C12H18ClN/c1-9-5-6-11(13)10(7-9)12(2,3)8-14-4/h5-7,14H,8H2,1-4H3. The first kappa shape index (κ1) is 11.5. The number of benzene rings is 1. The molecule has 0 heterocycles. The Morgan fingerprint density at radius 1 is 1.36 bits per heavy atom. The topological polar surface area (TPSA) is 12.0 Å². The van der Waals surface area contributed by atoms with Gasteiger partial charge in [-0.05, 0) is 25.6 Å². The third-order valence-electron chi connectivity index (χ3n) is 2.47.